The molecule has 1 fully saturated rings. The average Bonchev–Trinajstić information content (AvgIpc) is 2.65. The fourth-order valence-corrected chi connectivity index (χ4v) is 3.61. The molecule has 5 heteroatoms. The van der Waals surface area contributed by atoms with Gasteiger partial charge in [0, 0.05) is 33.7 Å². The van der Waals surface area contributed by atoms with Crippen LogP contribution in [0.4, 0.5) is 0 Å². The molecule has 26 heavy (non-hydrogen) atoms. The molecule has 1 aliphatic rings. The van der Waals surface area contributed by atoms with Gasteiger partial charge in [-0.15, -0.1) is 0 Å². The van der Waals surface area contributed by atoms with Crippen LogP contribution in [0.1, 0.15) is 38.2 Å². The second-order valence-electron chi connectivity index (χ2n) is 7.43. The lowest BCUT2D eigenvalue weighted by atomic mass is 10.0. The summed E-state index contributed by atoms with van der Waals surface area (Å²) >= 11 is 0. The van der Waals surface area contributed by atoms with E-state index in [9.17, 15) is 0 Å². The van der Waals surface area contributed by atoms with Crippen molar-refractivity contribution >= 4 is 5.96 Å². The van der Waals surface area contributed by atoms with E-state index < -0.39 is 0 Å². The van der Waals surface area contributed by atoms with Gasteiger partial charge in [0.25, 0.3) is 0 Å². The highest BCUT2D eigenvalue weighted by molar-refractivity contribution is 5.79. The molecule has 146 valence electrons. The van der Waals surface area contributed by atoms with E-state index in [2.05, 4.69) is 46.2 Å². The third-order valence-electron chi connectivity index (χ3n) is 5.08. The highest BCUT2D eigenvalue weighted by Gasteiger charge is 2.15. The number of nitrogens with zero attached hydrogens (tertiary/aromatic N) is 3. The predicted molar refractivity (Wildman–Crippen MR) is 110 cm³/mol. The molecule has 1 atom stereocenters. The predicted octanol–water partition coefficient (Wildman–Crippen LogP) is 3.21. The van der Waals surface area contributed by atoms with Crippen molar-refractivity contribution in [3.63, 3.8) is 0 Å². The molecular weight excluding hydrogens is 324 g/mol. The second-order valence-corrected chi connectivity index (χ2v) is 7.43. The lowest BCUT2D eigenvalue weighted by molar-refractivity contribution is 0.181. The van der Waals surface area contributed by atoms with Crippen LogP contribution >= 0.6 is 0 Å². The Balaban J connectivity index is 1.66. The van der Waals surface area contributed by atoms with Crippen molar-refractivity contribution in [2.45, 2.75) is 39.2 Å². The van der Waals surface area contributed by atoms with Gasteiger partial charge in [0.15, 0.2) is 5.96 Å². The minimum Gasteiger partial charge on any atom is -0.497 e. The summed E-state index contributed by atoms with van der Waals surface area (Å²) in [5.41, 5.74) is 1.25. The van der Waals surface area contributed by atoms with Gasteiger partial charge in [-0.25, -0.2) is 0 Å². The number of guanidine groups is 1. The fourth-order valence-electron chi connectivity index (χ4n) is 3.61. The largest absolute Gasteiger partial charge is 0.497 e. The summed E-state index contributed by atoms with van der Waals surface area (Å²) in [6.07, 6.45) is 5.19. The van der Waals surface area contributed by atoms with Crippen LogP contribution in [0.2, 0.25) is 0 Å². The maximum Gasteiger partial charge on any atom is 0.193 e. The molecule has 1 N–H and O–H groups in total. The van der Waals surface area contributed by atoms with E-state index in [1.54, 1.807) is 7.11 Å². The van der Waals surface area contributed by atoms with Crippen LogP contribution < -0.4 is 10.1 Å². The zero-order valence-electron chi connectivity index (χ0n) is 17.0. The molecule has 2 rings (SSSR count). The van der Waals surface area contributed by atoms with Crippen LogP contribution in [0.25, 0.3) is 0 Å². The molecule has 0 aromatic heterocycles. The van der Waals surface area contributed by atoms with Crippen molar-refractivity contribution in [1.82, 2.24) is 15.1 Å². The highest BCUT2D eigenvalue weighted by Crippen LogP contribution is 2.15. The first kappa shape index (κ1) is 20.6. The zero-order valence-corrected chi connectivity index (χ0v) is 17.0. The summed E-state index contributed by atoms with van der Waals surface area (Å²) in [4.78, 5) is 9.20. The summed E-state index contributed by atoms with van der Waals surface area (Å²) in [7, 11) is 5.62. The quantitative estimate of drug-likeness (QED) is 0.439. The topological polar surface area (TPSA) is 40.1 Å². The van der Waals surface area contributed by atoms with Crippen molar-refractivity contribution in [3.05, 3.63) is 29.8 Å². The fraction of sp³-hybridized carbons (Fsp3) is 0.667. The number of hydrogen-bond acceptors (Lipinski definition) is 3. The Morgan fingerprint density at radius 1 is 1.31 bits per heavy atom. The van der Waals surface area contributed by atoms with Crippen molar-refractivity contribution in [2.75, 3.05) is 47.4 Å². The van der Waals surface area contributed by atoms with E-state index >= 15 is 0 Å². The zero-order chi connectivity index (χ0) is 18.8. The molecule has 0 amide bonds. The standard InChI is InChI=1S/C21H36N4O/c1-18-8-7-15-25(16-18)14-6-5-13-23-21(22-2)24(3)17-19-9-11-20(26-4)12-10-19/h9-12,18H,5-8,13-17H2,1-4H3,(H,22,23). The Morgan fingerprint density at radius 2 is 2.08 bits per heavy atom. The molecule has 0 aliphatic carbocycles. The van der Waals surface area contributed by atoms with E-state index in [0.29, 0.717) is 0 Å². The van der Waals surface area contributed by atoms with Crippen LogP contribution in [0.5, 0.6) is 5.75 Å². The number of methoxy groups -OCH3 is 1. The normalized spacial score (nSPS) is 18.6. The molecule has 1 aromatic rings. The van der Waals surface area contributed by atoms with E-state index in [-0.39, 0.29) is 0 Å². The number of benzene rings is 1. The smallest absolute Gasteiger partial charge is 0.193 e. The summed E-state index contributed by atoms with van der Waals surface area (Å²) in [6, 6.07) is 8.20. The van der Waals surface area contributed by atoms with Gasteiger partial charge < -0.3 is 19.9 Å². The van der Waals surface area contributed by atoms with Gasteiger partial charge in [-0.1, -0.05) is 19.1 Å². The number of rotatable bonds is 8. The number of aliphatic imine (C=N–C) groups is 1. The van der Waals surface area contributed by atoms with Gasteiger partial charge in [0.1, 0.15) is 5.75 Å². The van der Waals surface area contributed by atoms with E-state index in [1.165, 1.54) is 50.9 Å². The third kappa shape index (κ3) is 6.87. The van der Waals surface area contributed by atoms with Crippen molar-refractivity contribution in [2.24, 2.45) is 10.9 Å². The Morgan fingerprint density at radius 3 is 2.73 bits per heavy atom. The first-order valence-corrected chi connectivity index (χ1v) is 9.89. The molecule has 1 aromatic carbocycles. The summed E-state index contributed by atoms with van der Waals surface area (Å²) in [6.45, 7) is 7.96. The maximum atomic E-state index is 5.22. The van der Waals surface area contributed by atoms with Crippen molar-refractivity contribution in [3.8, 4) is 5.75 Å². The molecule has 1 heterocycles. The average molecular weight is 361 g/mol. The van der Waals surface area contributed by atoms with Crippen LogP contribution in [0.15, 0.2) is 29.3 Å². The minimum atomic E-state index is 0.829. The maximum absolute atomic E-state index is 5.22. The Bertz CT molecular complexity index is 543. The highest BCUT2D eigenvalue weighted by atomic mass is 16.5. The second kappa shape index (κ2) is 11.1. The van der Waals surface area contributed by atoms with Gasteiger partial charge in [-0.2, -0.15) is 0 Å². The minimum absolute atomic E-state index is 0.829. The first-order valence-electron chi connectivity index (χ1n) is 9.89. The van der Waals surface area contributed by atoms with Gasteiger partial charge in [-0.3, -0.25) is 4.99 Å². The summed E-state index contributed by atoms with van der Waals surface area (Å²) in [5, 5.41) is 3.49. The lowest BCUT2D eigenvalue weighted by Crippen LogP contribution is -2.39. The Labute approximate surface area is 159 Å². The summed E-state index contributed by atoms with van der Waals surface area (Å²) in [5.74, 6) is 2.71. The molecule has 1 unspecified atom stereocenters. The monoisotopic (exact) mass is 360 g/mol. The van der Waals surface area contributed by atoms with Gasteiger partial charge in [0.05, 0.1) is 7.11 Å². The van der Waals surface area contributed by atoms with Crippen LogP contribution in [0.3, 0.4) is 0 Å². The third-order valence-corrected chi connectivity index (χ3v) is 5.08. The van der Waals surface area contributed by atoms with Gasteiger partial charge in [0.2, 0.25) is 0 Å². The molecule has 0 radical (unpaired) electrons. The molecular formula is C21H36N4O. The molecule has 0 spiro atoms. The Kier molecular flexibility index (Phi) is 8.75. The number of ether oxygens (including phenoxy) is 1. The lowest BCUT2D eigenvalue weighted by Gasteiger charge is -2.30. The van der Waals surface area contributed by atoms with E-state index in [4.69, 9.17) is 4.74 Å². The number of likely N-dealkylation sites (tertiary alicyclic amines) is 1. The van der Waals surface area contributed by atoms with E-state index in [1.807, 2.05) is 19.2 Å². The van der Waals surface area contributed by atoms with Crippen molar-refractivity contribution < 1.29 is 4.74 Å². The molecule has 0 bridgehead atoms. The van der Waals surface area contributed by atoms with Gasteiger partial charge in [-0.05, 0) is 62.4 Å². The van der Waals surface area contributed by atoms with Crippen LogP contribution in [-0.2, 0) is 6.54 Å². The van der Waals surface area contributed by atoms with Gasteiger partial charge >= 0.3 is 0 Å². The molecule has 1 aliphatic heterocycles. The molecule has 1 saturated heterocycles. The number of nitrogens with one attached hydrogen (secondary N) is 1. The summed E-state index contributed by atoms with van der Waals surface area (Å²) < 4.78 is 5.22. The first-order chi connectivity index (χ1) is 12.6. The molecule has 0 saturated carbocycles. The van der Waals surface area contributed by atoms with Crippen LogP contribution in [-0.4, -0.2) is 63.1 Å². The van der Waals surface area contributed by atoms with E-state index in [0.717, 1.165) is 30.7 Å². The SMILES string of the molecule is CN=C(NCCCCN1CCCC(C)C1)N(C)Cc1ccc(OC)cc1. The number of unbranched alkanes of at least 4 members (excludes halogenated alkanes) is 1. The number of piperidine rings is 1. The van der Waals surface area contributed by atoms with Crippen molar-refractivity contribution in [1.29, 1.82) is 0 Å². The Hall–Kier alpha value is -1.75. The molecule has 5 nitrogen and oxygen atoms in total. The number of hydrogen-bond donors (Lipinski definition) is 1. The van der Waals surface area contributed by atoms with Crippen LogP contribution in [0, 0.1) is 5.92 Å².